The minimum Gasteiger partial charge on any atom is -0.397 e. The molecule has 1 aromatic carbocycles. The first kappa shape index (κ1) is 17.6. The molecule has 3 aromatic rings. The van der Waals surface area contributed by atoms with Gasteiger partial charge in [-0.15, -0.1) is 10.2 Å². The molecule has 2 aromatic heterocycles. The van der Waals surface area contributed by atoms with Gasteiger partial charge in [0.15, 0.2) is 5.82 Å². The van der Waals surface area contributed by atoms with E-state index in [1.165, 1.54) is 0 Å². The molecule has 0 unspecified atom stereocenters. The normalized spacial score (nSPS) is 10.7. The highest BCUT2D eigenvalue weighted by Gasteiger charge is 2.16. The van der Waals surface area contributed by atoms with E-state index in [1.54, 1.807) is 42.7 Å². The van der Waals surface area contributed by atoms with E-state index in [0.717, 1.165) is 24.4 Å². The van der Waals surface area contributed by atoms with Gasteiger partial charge in [-0.25, -0.2) is 0 Å². The number of benzene rings is 1. The van der Waals surface area contributed by atoms with Gasteiger partial charge >= 0.3 is 0 Å². The third kappa shape index (κ3) is 3.72. The van der Waals surface area contributed by atoms with E-state index in [0.29, 0.717) is 23.5 Å². The van der Waals surface area contributed by atoms with Gasteiger partial charge in [0, 0.05) is 30.9 Å². The number of aromatic nitrogens is 4. The number of nitrogens with two attached hydrogens (primary N) is 1. The van der Waals surface area contributed by atoms with E-state index in [1.807, 2.05) is 22.8 Å². The molecule has 0 aliphatic heterocycles. The fraction of sp³-hybridized carbons (Fsp3) is 0.263. The number of nitrogen functional groups attached to an aromatic ring is 1. The molecular weight excluding hydrogens is 328 g/mol. The lowest BCUT2D eigenvalue weighted by Gasteiger charge is -2.17. The number of carbonyl (C=O) groups is 1. The van der Waals surface area contributed by atoms with Gasteiger partial charge in [0.05, 0.1) is 17.9 Å². The monoisotopic (exact) mass is 350 g/mol. The zero-order valence-corrected chi connectivity index (χ0v) is 15.0. The van der Waals surface area contributed by atoms with Crippen LogP contribution in [0.15, 0.2) is 48.9 Å². The molecule has 0 aliphatic carbocycles. The Hall–Kier alpha value is -3.22. The van der Waals surface area contributed by atoms with E-state index in [9.17, 15) is 4.79 Å². The second-order valence-corrected chi connectivity index (χ2v) is 6.12. The molecule has 0 atom stereocenters. The lowest BCUT2D eigenvalue weighted by atomic mass is 10.1. The first-order valence-electron chi connectivity index (χ1n) is 8.53. The summed E-state index contributed by atoms with van der Waals surface area (Å²) in [7, 11) is 1.76. The molecule has 3 rings (SSSR count). The van der Waals surface area contributed by atoms with Crippen LogP contribution in [0.1, 0.15) is 29.5 Å². The van der Waals surface area contributed by atoms with Gasteiger partial charge in [-0.05, 0) is 30.7 Å². The number of nitrogens with zero attached hydrogens (tertiary/aromatic N) is 5. The number of hydrogen-bond donors (Lipinski definition) is 1. The lowest BCUT2D eigenvalue weighted by molar-refractivity contribution is 0.0780. The van der Waals surface area contributed by atoms with Crippen LogP contribution in [0, 0.1) is 0 Å². The highest BCUT2D eigenvalue weighted by Crippen LogP contribution is 2.24. The molecule has 0 bridgehead atoms. The summed E-state index contributed by atoms with van der Waals surface area (Å²) < 4.78 is 1.97. The number of aryl methyl sites for hydroxylation is 1. The number of anilines is 1. The van der Waals surface area contributed by atoms with Gasteiger partial charge < -0.3 is 15.2 Å². The first-order valence-corrected chi connectivity index (χ1v) is 8.53. The third-order valence-corrected chi connectivity index (χ3v) is 4.11. The smallest absolute Gasteiger partial charge is 0.254 e. The van der Waals surface area contributed by atoms with Crippen LogP contribution in [0.25, 0.3) is 11.3 Å². The Morgan fingerprint density at radius 3 is 2.88 bits per heavy atom. The summed E-state index contributed by atoms with van der Waals surface area (Å²) in [5.41, 5.74) is 8.65. The Morgan fingerprint density at radius 2 is 2.12 bits per heavy atom. The Morgan fingerprint density at radius 1 is 1.27 bits per heavy atom. The molecule has 7 heteroatoms. The second-order valence-electron chi connectivity index (χ2n) is 6.12. The summed E-state index contributed by atoms with van der Waals surface area (Å²) in [5, 5.41) is 8.06. The van der Waals surface area contributed by atoms with Crippen molar-refractivity contribution < 1.29 is 4.79 Å². The summed E-state index contributed by atoms with van der Waals surface area (Å²) in [4.78, 5) is 18.8. The van der Waals surface area contributed by atoms with Crippen LogP contribution in [0.3, 0.4) is 0 Å². The van der Waals surface area contributed by atoms with Crippen molar-refractivity contribution in [3.05, 3.63) is 60.3 Å². The molecule has 0 radical (unpaired) electrons. The average Bonchev–Trinajstić information content (AvgIpc) is 3.08. The minimum atomic E-state index is -0.0904. The third-order valence-electron chi connectivity index (χ3n) is 4.11. The van der Waals surface area contributed by atoms with E-state index >= 15 is 0 Å². The second kappa shape index (κ2) is 7.77. The van der Waals surface area contributed by atoms with Gasteiger partial charge in [-0.2, -0.15) is 0 Å². The summed E-state index contributed by atoms with van der Waals surface area (Å²) in [5.74, 6) is 0.681. The Kier molecular flexibility index (Phi) is 5.26. The predicted octanol–water partition coefficient (Wildman–Crippen LogP) is 2.60. The molecule has 0 saturated carbocycles. The SMILES string of the molecule is CCCn1cnnc1CN(C)C(=O)c1cccc(-c2ncccc2N)c1. The maximum atomic E-state index is 12.8. The molecule has 7 nitrogen and oxygen atoms in total. The Balaban J connectivity index is 1.80. The van der Waals surface area contributed by atoms with Crippen molar-refractivity contribution in [2.45, 2.75) is 26.4 Å². The van der Waals surface area contributed by atoms with Crippen LogP contribution in [0.5, 0.6) is 0 Å². The molecule has 0 spiro atoms. The van der Waals surface area contributed by atoms with Crippen LogP contribution >= 0.6 is 0 Å². The molecule has 0 saturated heterocycles. The van der Waals surface area contributed by atoms with Crippen molar-refractivity contribution in [1.29, 1.82) is 0 Å². The molecule has 2 heterocycles. The van der Waals surface area contributed by atoms with Crippen LogP contribution in [0.2, 0.25) is 0 Å². The Bertz CT molecular complexity index is 904. The Labute approximate surface area is 152 Å². The van der Waals surface area contributed by atoms with E-state index in [-0.39, 0.29) is 5.91 Å². The van der Waals surface area contributed by atoms with Crippen molar-refractivity contribution >= 4 is 11.6 Å². The quantitative estimate of drug-likeness (QED) is 0.738. The molecular formula is C19H22N6O. The van der Waals surface area contributed by atoms with Gasteiger partial charge in [-0.3, -0.25) is 9.78 Å². The number of carbonyl (C=O) groups excluding carboxylic acids is 1. The minimum absolute atomic E-state index is 0.0904. The van der Waals surface area contributed by atoms with Crippen LogP contribution in [-0.2, 0) is 13.1 Å². The predicted molar refractivity (Wildman–Crippen MR) is 100 cm³/mol. The van der Waals surface area contributed by atoms with Crippen molar-refractivity contribution in [2.24, 2.45) is 0 Å². The van der Waals surface area contributed by atoms with Crippen LogP contribution in [0.4, 0.5) is 5.69 Å². The molecule has 134 valence electrons. The molecule has 0 fully saturated rings. The van der Waals surface area contributed by atoms with Gasteiger partial charge in [0.2, 0.25) is 0 Å². The van der Waals surface area contributed by atoms with Gasteiger partial charge in [0.25, 0.3) is 5.91 Å². The van der Waals surface area contributed by atoms with Gasteiger partial charge in [-0.1, -0.05) is 19.1 Å². The maximum absolute atomic E-state index is 12.8. The van der Waals surface area contributed by atoms with Gasteiger partial charge in [0.1, 0.15) is 6.33 Å². The van der Waals surface area contributed by atoms with Crippen LogP contribution in [-0.4, -0.2) is 37.6 Å². The van der Waals surface area contributed by atoms with E-state index in [4.69, 9.17) is 5.73 Å². The lowest BCUT2D eigenvalue weighted by Crippen LogP contribution is -2.27. The number of pyridine rings is 1. The van der Waals surface area contributed by atoms with Crippen molar-refractivity contribution in [1.82, 2.24) is 24.6 Å². The zero-order chi connectivity index (χ0) is 18.5. The van der Waals surface area contributed by atoms with E-state index in [2.05, 4.69) is 22.1 Å². The highest BCUT2D eigenvalue weighted by atomic mass is 16.2. The molecule has 2 N–H and O–H groups in total. The fourth-order valence-corrected chi connectivity index (χ4v) is 2.79. The number of hydrogen-bond acceptors (Lipinski definition) is 5. The fourth-order valence-electron chi connectivity index (χ4n) is 2.79. The number of rotatable bonds is 6. The first-order chi connectivity index (χ1) is 12.6. The summed E-state index contributed by atoms with van der Waals surface area (Å²) in [6.45, 7) is 3.32. The largest absolute Gasteiger partial charge is 0.397 e. The average molecular weight is 350 g/mol. The van der Waals surface area contributed by atoms with Crippen molar-refractivity contribution in [2.75, 3.05) is 12.8 Å². The highest BCUT2D eigenvalue weighted by molar-refractivity contribution is 5.95. The van der Waals surface area contributed by atoms with E-state index < -0.39 is 0 Å². The molecule has 1 amide bonds. The standard InChI is InChI=1S/C19H22N6O/c1-3-10-25-13-22-23-17(25)12-24(2)19(26)15-7-4-6-14(11-15)18-16(20)8-5-9-21-18/h4-9,11,13H,3,10,12,20H2,1-2H3. The maximum Gasteiger partial charge on any atom is 0.254 e. The summed E-state index contributed by atoms with van der Waals surface area (Å²) in [6, 6.07) is 10.9. The summed E-state index contributed by atoms with van der Waals surface area (Å²) in [6.07, 6.45) is 4.37. The summed E-state index contributed by atoms with van der Waals surface area (Å²) >= 11 is 0. The van der Waals surface area contributed by atoms with Crippen molar-refractivity contribution in [3.63, 3.8) is 0 Å². The van der Waals surface area contributed by atoms with Crippen LogP contribution < -0.4 is 5.73 Å². The molecule has 0 aliphatic rings. The van der Waals surface area contributed by atoms with Crippen molar-refractivity contribution in [3.8, 4) is 11.3 Å². The topological polar surface area (TPSA) is 89.9 Å². The number of amides is 1. The zero-order valence-electron chi connectivity index (χ0n) is 15.0. The molecule has 26 heavy (non-hydrogen) atoms.